The van der Waals surface area contributed by atoms with E-state index in [9.17, 15) is 0 Å². The Morgan fingerprint density at radius 2 is 0.727 bits per heavy atom. The number of hydrogen-bond acceptors (Lipinski definition) is 0. The van der Waals surface area contributed by atoms with E-state index < -0.39 is 0 Å². The fourth-order valence-electron chi connectivity index (χ4n) is 7.08. The maximum absolute atomic E-state index is 3.79. The number of halogens is 2. The number of rotatable bonds is 2. The molecule has 0 saturated heterocycles. The van der Waals surface area contributed by atoms with Crippen LogP contribution < -0.4 is 0 Å². The van der Waals surface area contributed by atoms with Crippen molar-refractivity contribution in [2.24, 2.45) is 0 Å². The standard InChI is InChI=1S/C40H24Br2N2/c41-25-19-21-33-35(23-25)43(27-11-3-1-4-12-27)39-31-17-9-7-15-29(31)38-34-22-20-26(42)24-36(34)44(28-13-5-2-6-14-28)40(38)32-18-10-8-16-30(32)37(33)39/h1-24H. The second kappa shape index (κ2) is 9.95. The topological polar surface area (TPSA) is 9.86 Å². The highest BCUT2D eigenvalue weighted by atomic mass is 79.9. The molecule has 0 fully saturated rings. The highest BCUT2D eigenvalue weighted by Gasteiger charge is 2.32. The van der Waals surface area contributed by atoms with E-state index in [0.29, 0.717) is 0 Å². The lowest BCUT2D eigenvalue weighted by Crippen LogP contribution is -2.03. The molecule has 4 heteroatoms. The van der Waals surface area contributed by atoms with Crippen LogP contribution in [0.15, 0.2) is 155 Å². The third kappa shape index (κ3) is 3.71. The summed E-state index contributed by atoms with van der Waals surface area (Å²) in [5.74, 6) is 0. The van der Waals surface area contributed by atoms with Gasteiger partial charge in [0.2, 0.25) is 0 Å². The van der Waals surface area contributed by atoms with Gasteiger partial charge in [-0.05, 0) is 59.7 Å². The Kier molecular flexibility index (Phi) is 5.84. The SMILES string of the molecule is Brc1ccc2c3c(n(-c4ccccc4)c2c1)-c1ccccc1-c1c(n(-c2ccccc2)c2cc(Br)ccc12)-c1ccccc1-3. The largest absolute Gasteiger partial charge is 0.309 e. The Bertz CT molecular complexity index is 2230. The third-order valence-corrected chi connectivity index (χ3v) is 9.78. The van der Waals surface area contributed by atoms with Crippen LogP contribution in [0.4, 0.5) is 0 Å². The molecule has 0 aliphatic heterocycles. The van der Waals surface area contributed by atoms with E-state index in [2.05, 4.69) is 187 Å². The van der Waals surface area contributed by atoms with Crippen LogP contribution in [0.5, 0.6) is 0 Å². The number of benzene rings is 6. The van der Waals surface area contributed by atoms with Gasteiger partial charge in [-0.2, -0.15) is 0 Å². The molecular formula is C40H24Br2N2. The molecule has 2 nitrogen and oxygen atoms in total. The molecule has 1 aliphatic carbocycles. The summed E-state index contributed by atoms with van der Waals surface area (Å²) in [6, 6.07) is 52.7. The van der Waals surface area contributed by atoms with Gasteiger partial charge in [-0.15, -0.1) is 0 Å². The molecule has 2 heterocycles. The van der Waals surface area contributed by atoms with E-state index in [-0.39, 0.29) is 0 Å². The number of para-hydroxylation sites is 2. The van der Waals surface area contributed by atoms with Crippen molar-refractivity contribution >= 4 is 53.7 Å². The molecule has 2 aromatic heterocycles. The summed E-state index contributed by atoms with van der Waals surface area (Å²) in [7, 11) is 0. The van der Waals surface area contributed by atoms with Crippen molar-refractivity contribution < 1.29 is 0 Å². The Morgan fingerprint density at radius 1 is 0.364 bits per heavy atom. The minimum atomic E-state index is 1.06. The zero-order chi connectivity index (χ0) is 29.4. The summed E-state index contributed by atoms with van der Waals surface area (Å²) in [5.41, 5.74) is 14.4. The molecule has 208 valence electrons. The number of aromatic nitrogens is 2. The van der Waals surface area contributed by atoms with E-state index in [0.717, 1.165) is 20.3 Å². The van der Waals surface area contributed by atoms with Gasteiger partial charge in [-0.3, -0.25) is 0 Å². The molecular weight excluding hydrogens is 668 g/mol. The lowest BCUT2D eigenvalue weighted by atomic mass is 9.84. The van der Waals surface area contributed by atoms with E-state index in [1.54, 1.807) is 0 Å². The first kappa shape index (κ1) is 25.8. The van der Waals surface area contributed by atoms with Gasteiger partial charge in [0.1, 0.15) is 0 Å². The Balaban J connectivity index is 1.55. The molecule has 0 N–H and O–H groups in total. The van der Waals surface area contributed by atoms with Gasteiger partial charge in [0.05, 0.1) is 22.4 Å². The maximum atomic E-state index is 3.79. The molecule has 0 bridgehead atoms. The van der Waals surface area contributed by atoms with Crippen molar-refractivity contribution in [2.45, 2.75) is 0 Å². The molecule has 1 aliphatic rings. The average molecular weight is 692 g/mol. The highest BCUT2D eigenvalue weighted by molar-refractivity contribution is 9.10. The zero-order valence-corrected chi connectivity index (χ0v) is 26.7. The first-order chi connectivity index (χ1) is 21.7. The summed E-state index contributed by atoms with van der Waals surface area (Å²) in [5, 5.41) is 2.45. The van der Waals surface area contributed by atoms with Crippen LogP contribution >= 0.6 is 31.9 Å². The van der Waals surface area contributed by atoms with Crippen LogP contribution in [0, 0.1) is 0 Å². The number of hydrogen-bond donors (Lipinski definition) is 0. The van der Waals surface area contributed by atoms with Crippen LogP contribution in [0.2, 0.25) is 0 Å². The predicted molar refractivity (Wildman–Crippen MR) is 191 cm³/mol. The summed E-state index contributed by atoms with van der Waals surface area (Å²) in [6.45, 7) is 0. The third-order valence-electron chi connectivity index (χ3n) is 8.79. The lowest BCUT2D eigenvalue weighted by Gasteiger charge is -2.23. The smallest absolute Gasteiger partial charge is 0.0625 e. The fourth-order valence-corrected chi connectivity index (χ4v) is 7.78. The van der Waals surface area contributed by atoms with Crippen LogP contribution in [-0.2, 0) is 0 Å². The van der Waals surface area contributed by atoms with Gasteiger partial charge in [0.15, 0.2) is 0 Å². The van der Waals surface area contributed by atoms with Gasteiger partial charge in [0, 0.05) is 53.3 Å². The first-order valence-corrected chi connectivity index (χ1v) is 16.3. The van der Waals surface area contributed by atoms with Crippen molar-refractivity contribution in [3.63, 3.8) is 0 Å². The summed E-state index contributed by atoms with van der Waals surface area (Å²) in [4.78, 5) is 0. The zero-order valence-electron chi connectivity index (χ0n) is 23.5. The van der Waals surface area contributed by atoms with Crippen LogP contribution in [0.3, 0.4) is 0 Å². The van der Waals surface area contributed by atoms with Gasteiger partial charge >= 0.3 is 0 Å². The van der Waals surface area contributed by atoms with Gasteiger partial charge in [-0.25, -0.2) is 0 Å². The molecule has 0 spiro atoms. The van der Waals surface area contributed by atoms with Gasteiger partial charge in [0.25, 0.3) is 0 Å². The number of fused-ring (bicyclic) bond motifs is 12. The second-order valence-electron chi connectivity index (χ2n) is 11.2. The Labute approximate surface area is 272 Å². The van der Waals surface area contributed by atoms with Crippen molar-refractivity contribution in [1.29, 1.82) is 0 Å². The van der Waals surface area contributed by atoms with Gasteiger partial charge < -0.3 is 9.13 Å². The summed E-state index contributed by atoms with van der Waals surface area (Å²) < 4.78 is 7.01. The molecule has 9 rings (SSSR count). The maximum Gasteiger partial charge on any atom is 0.0625 e. The van der Waals surface area contributed by atoms with E-state index in [4.69, 9.17) is 0 Å². The highest BCUT2D eigenvalue weighted by Crippen LogP contribution is 2.54. The minimum Gasteiger partial charge on any atom is -0.309 e. The fraction of sp³-hybridized carbons (Fsp3) is 0. The molecule has 6 aromatic carbocycles. The van der Waals surface area contributed by atoms with Crippen LogP contribution in [0.25, 0.3) is 77.9 Å². The molecule has 0 unspecified atom stereocenters. The minimum absolute atomic E-state index is 1.06. The van der Waals surface area contributed by atoms with E-state index in [1.807, 2.05) is 0 Å². The normalized spacial score (nSPS) is 11.9. The second-order valence-corrected chi connectivity index (χ2v) is 13.0. The first-order valence-electron chi connectivity index (χ1n) is 14.7. The summed E-state index contributed by atoms with van der Waals surface area (Å²) >= 11 is 7.58. The monoisotopic (exact) mass is 690 g/mol. The molecule has 44 heavy (non-hydrogen) atoms. The average Bonchev–Trinajstić information content (AvgIpc) is 3.57. The quantitative estimate of drug-likeness (QED) is 0.171. The molecule has 0 saturated carbocycles. The number of nitrogens with zero attached hydrogens (tertiary/aromatic N) is 2. The van der Waals surface area contributed by atoms with Gasteiger partial charge in [-0.1, -0.05) is 129 Å². The molecule has 8 aromatic rings. The van der Waals surface area contributed by atoms with Crippen molar-refractivity contribution in [1.82, 2.24) is 9.13 Å². The van der Waals surface area contributed by atoms with Crippen molar-refractivity contribution in [3.8, 4) is 56.1 Å². The summed E-state index contributed by atoms with van der Waals surface area (Å²) in [6.07, 6.45) is 0. The van der Waals surface area contributed by atoms with Crippen LogP contribution in [0.1, 0.15) is 0 Å². The Morgan fingerprint density at radius 3 is 1.14 bits per heavy atom. The van der Waals surface area contributed by atoms with E-state index >= 15 is 0 Å². The lowest BCUT2D eigenvalue weighted by molar-refractivity contribution is 1.13. The van der Waals surface area contributed by atoms with Crippen LogP contribution in [-0.4, -0.2) is 9.13 Å². The van der Waals surface area contributed by atoms with Crippen molar-refractivity contribution in [2.75, 3.05) is 0 Å². The Hall–Kier alpha value is -4.64. The van der Waals surface area contributed by atoms with Crippen molar-refractivity contribution in [3.05, 3.63) is 155 Å². The molecule has 0 amide bonds. The molecule has 0 radical (unpaired) electrons. The molecule has 0 atom stereocenters. The predicted octanol–water partition coefficient (Wildman–Crippen LogP) is 12.1. The van der Waals surface area contributed by atoms with E-state index in [1.165, 1.54) is 66.6 Å².